The summed E-state index contributed by atoms with van der Waals surface area (Å²) in [6, 6.07) is 15.3. The number of methoxy groups -OCH3 is 1. The van der Waals surface area contributed by atoms with Crippen LogP contribution < -0.4 is 20.5 Å². The predicted octanol–water partition coefficient (Wildman–Crippen LogP) is 3.29. The topological polar surface area (TPSA) is 68.9 Å². The molecule has 0 spiro atoms. The summed E-state index contributed by atoms with van der Waals surface area (Å²) in [5.41, 5.74) is 7.91. The van der Waals surface area contributed by atoms with Gasteiger partial charge in [0.05, 0.1) is 7.11 Å². The van der Waals surface area contributed by atoms with E-state index in [-0.39, 0.29) is 30.6 Å². The first kappa shape index (κ1) is 20.6. The van der Waals surface area contributed by atoms with Gasteiger partial charge in [-0.05, 0) is 48.4 Å². The van der Waals surface area contributed by atoms with Gasteiger partial charge in [-0.15, -0.1) is 30.4 Å². The largest absolute Gasteiger partial charge is 0.497 e. The van der Waals surface area contributed by atoms with Crippen LogP contribution in [0.5, 0.6) is 11.5 Å². The first-order valence-corrected chi connectivity index (χ1v) is 7.57. The van der Waals surface area contributed by atoms with Crippen molar-refractivity contribution in [1.82, 2.24) is 0 Å². The molecule has 0 unspecified atom stereocenters. The van der Waals surface area contributed by atoms with Crippen molar-refractivity contribution in [2.24, 2.45) is 10.7 Å². The van der Waals surface area contributed by atoms with E-state index in [9.17, 15) is 0 Å². The van der Waals surface area contributed by atoms with Crippen LogP contribution >= 0.6 is 24.0 Å². The van der Waals surface area contributed by atoms with E-state index in [4.69, 9.17) is 21.6 Å². The van der Waals surface area contributed by atoms with Gasteiger partial charge in [0, 0.05) is 12.2 Å². The Bertz CT molecular complexity index is 707. The molecule has 0 fully saturated rings. The zero-order valence-electron chi connectivity index (χ0n) is 14.1. The Balaban J connectivity index is 0.00000312. The maximum absolute atomic E-state index is 5.89. The quantitative estimate of drug-likeness (QED) is 0.294. The molecule has 0 saturated carbocycles. The highest BCUT2D eigenvalue weighted by molar-refractivity contribution is 14.0. The van der Waals surface area contributed by atoms with Crippen molar-refractivity contribution in [3.05, 3.63) is 54.1 Å². The van der Waals surface area contributed by atoms with E-state index in [1.165, 1.54) is 0 Å². The molecule has 2 rings (SSSR count). The Hall–Kier alpha value is -2.40. The van der Waals surface area contributed by atoms with Gasteiger partial charge in [-0.25, -0.2) is 0 Å². The number of nitrogens with one attached hydrogen (secondary N) is 1. The third-order valence-corrected chi connectivity index (χ3v) is 3.29. The molecule has 0 aliphatic heterocycles. The van der Waals surface area contributed by atoms with Crippen LogP contribution in [0.15, 0.2) is 53.5 Å². The van der Waals surface area contributed by atoms with Crippen LogP contribution in [-0.2, 0) is 6.42 Å². The monoisotopic (exact) mass is 451 g/mol. The van der Waals surface area contributed by atoms with Gasteiger partial charge in [0.1, 0.15) is 18.1 Å². The number of ether oxygens (including phenoxy) is 2. The van der Waals surface area contributed by atoms with E-state index in [1.54, 1.807) is 7.11 Å². The Morgan fingerprint density at radius 3 is 2.36 bits per heavy atom. The van der Waals surface area contributed by atoms with Crippen molar-refractivity contribution >= 4 is 35.6 Å². The zero-order valence-corrected chi connectivity index (χ0v) is 16.4. The third-order valence-electron chi connectivity index (χ3n) is 3.29. The van der Waals surface area contributed by atoms with Crippen LogP contribution in [0.1, 0.15) is 5.56 Å². The van der Waals surface area contributed by atoms with Crippen molar-refractivity contribution < 1.29 is 9.47 Å². The van der Waals surface area contributed by atoms with E-state index >= 15 is 0 Å². The van der Waals surface area contributed by atoms with Crippen LogP contribution in [0.25, 0.3) is 0 Å². The fourth-order valence-corrected chi connectivity index (χ4v) is 2.04. The summed E-state index contributed by atoms with van der Waals surface area (Å²) < 4.78 is 10.4. The minimum Gasteiger partial charge on any atom is -0.497 e. The molecule has 0 aromatic heterocycles. The second-order valence-electron chi connectivity index (χ2n) is 5.01. The van der Waals surface area contributed by atoms with Crippen LogP contribution in [0.4, 0.5) is 5.69 Å². The van der Waals surface area contributed by atoms with Crippen molar-refractivity contribution in [3.63, 3.8) is 0 Å². The maximum Gasteiger partial charge on any atom is 0.193 e. The second-order valence-corrected chi connectivity index (χ2v) is 5.01. The number of rotatable bonds is 7. The average Bonchev–Trinajstić information content (AvgIpc) is 2.61. The molecular weight excluding hydrogens is 429 g/mol. The molecule has 0 bridgehead atoms. The molecule has 6 heteroatoms. The van der Waals surface area contributed by atoms with Gasteiger partial charge in [-0.3, -0.25) is 4.99 Å². The average molecular weight is 451 g/mol. The van der Waals surface area contributed by atoms with Crippen LogP contribution in [0.2, 0.25) is 0 Å². The van der Waals surface area contributed by atoms with E-state index in [0.29, 0.717) is 12.5 Å². The highest BCUT2D eigenvalue weighted by Crippen LogP contribution is 2.15. The van der Waals surface area contributed by atoms with Gasteiger partial charge in [0.15, 0.2) is 5.96 Å². The molecule has 25 heavy (non-hydrogen) atoms. The van der Waals surface area contributed by atoms with Gasteiger partial charge in [-0.1, -0.05) is 18.1 Å². The Morgan fingerprint density at radius 1 is 1.12 bits per heavy atom. The molecule has 2 aromatic rings. The fraction of sp³-hybridized carbons (Fsp3) is 0.211. The second kappa shape index (κ2) is 11.2. The summed E-state index contributed by atoms with van der Waals surface area (Å²) in [5, 5.41) is 3.05. The lowest BCUT2D eigenvalue weighted by molar-refractivity contribution is 0.370. The minimum absolute atomic E-state index is 0. The van der Waals surface area contributed by atoms with E-state index in [1.807, 2.05) is 48.5 Å². The number of hydrogen-bond acceptors (Lipinski definition) is 3. The fourth-order valence-electron chi connectivity index (χ4n) is 2.04. The number of anilines is 1. The molecule has 2 aromatic carbocycles. The number of guanidine groups is 1. The van der Waals surface area contributed by atoms with Crippen LogP contribution in [0.3, 0.4) is 0 Å². The van der Waals surface area contributed by atoms with E-state index in [2.05, 4.69) is 16.2 Å². The first-order chi connectivity index (χ1) is 11.7. The highest BCUT2D eigenvalue weighted by atomic mass is 127. The SMILES string of the molecule is C#CCOc1ccc(CCN=C(N)Nc2ccc(OC)cc2)cc1.I. The van der Waals surface area contributed by atoms with E-state index < -0.39 is 0 Å². The number of terminal acetylenes is 1. The molecule has 0 saturated heterocycles. The molecule has 0 aliphatic rings. The normalized spacial score (nSPS) is 10.3. The van der Waals surface area contributed by atoms with Crippen molar-refractivity contribution in [1.29, 1.82) is 0 Å². The standard InChI is InChI=1S/C19H21N3O2.HI/c1-3-14-24-18-8-4-15(5-9-18)12-13-21-19(20)22-16-6-10-17(23-2)11-7-16;/h1,4-11H,12-14H2,2H3,(H3,20,21,22);1H. The third kappa shape index (κ3) is 7.35. The Morgan fingerprint density at radius 2 is 1.76 bits per heavy atom. The molecular formula is C19H22IN3O2. The molecule has 0 aliphatic carbocycles. The molecule has 0 radical (unpaired) electrons. The lowest BCUT2D eigenvalue weighted by Crippen LogP contribution is -2.23. The van der Waals surface area contributed by atoms with Crippen LogP contribution in [-0.4, -0.2) is 26.2 Å². The van der Waals surface area contributed by atoms with Crippen molar-refractivity contribution in [2.75, 3.05) is 25.6 Å². The zero-order chi connectivity index (χ0) is 17.2. The van der Waals surface area contributed by atoms with Gasteiger partial charge >= 0.3 is 0 Å². The van der Waals surface area contributed by atoms with E-state index in [0.717, 1.165) is 29.2 Å². The maximum atomic E-state index is 5.89. The molecule has 3 N–H and O–H groups in total. The number of aliphatic imine (C=N–C) groups is 1. The molecule has 0 atom stereocenters. The summed E-state index contributed by atoms with van der Waals surface area (Å²) in [6.07, 6.45) is 5.95. The number of hydrogen-bond donors (Lipinski definition) is 2. The first-order valence-electron chi connectivity index (χ1n) is 7.57. The van der Waals surface area contributed by atoms with Gasteiger partial charge in [-0.2, -0.15) is 0 Å². The summed E-state index contributed by atoms with van der Waals surface area (Å²) in [4.78, 5) is 4.32. The summed E-state index contributed by atoms with van der Waals surface area (Å²) in [7, 11) is 1.63. The predicted molar refractivity (Wildman–Crippen MR) is 113 cm³/mol. The molecule has 5 nitrogen and oxygen atoms in total. The lowest BCUT2D eigenvalue weighted by Gasteiger charge is -2.07. The number of nitrogens with two attached hydrogens (primary N) is 1. The van der Waals surface area contributed by atoms with Crippen LogP contribution in [0, 0.1) is 12.3 Å². The minimum atomic E-state index is 0. The molecule has 0 heterocycles. The highest BCUT2D eigenvalue weighted by Gasteiger charge is 1.98. The number of benzene rings is 2. The number of halogens is 1. The summed E-state index contributed by atoms with van der Waals surface area (Å²) in [5.74, 6) is 4.38. The van der Waals surface area contributed by atoms with Gasteiger partial charge in [0.25, 0.3) is 0 Å². The summed E-state index contributed by atoms with van der Waals surface area (Å²) >= 11 is 0. The van der Waals surface area contributed by atoms with Crippen molar-refractivity contribution in [2.45, 2.75) is 6.42 Å². The molecule has 0 amide bonds. The lowest BCUT2D eigenvalue weighted by atomic mass is 10.1. The summed E-state index contributed by atoms with van der Waals surface area (Å²) in [6.45, 7) is 0.872. The number of nitrogens with zero attached hydrogens (tertiary/aromatic N) is 1. The van der Waals surface area contributed by atoms with Gasteiger partial charge < -0.3 is 20.5 Å². The van der Waals surface area contributed by atoms with Crippen molar-refractivity contribution in [3.8, 4) is 23.8 Å². The van der Waals surface area contributed by atoms with Gasteiger partial charge in [0.2, 0.25) is 0 Å². The molecule has 132 valence electrons. The Kier molecular flexibility index (Phi) is 9.25. The smallest absolute Gasteiger partial charge is 0.193 e. The Labute approximate surface area is 165 Å².